The molecule has 1 fully saturated rings. The monoisotopic (exact) mass is 238 g/mol. The fraction of sp³-hybridized carbons (Fsp3) is 0.846. The van der Waals surface area contributed by atoms with Gasteiger partial charge in [0, 0.05) is 19.0 Å². The molecule has 0 bridgehead atoms. The minimum atomic E-state index is -0.449. The van der Waals surface area contributed by atoms with Crippen molar-refractivity contribution in [1.82, 2.24) is 4.90 Å². The van der Waals surface area contributed by atoms with Crippen LogP contribution < -0.4 is 0 Å². The Hall–Kier alpha value is -1.08. The van der Waals surface area contributed by atoms with Gasteiger partial charge < -0.3 is 4.74 Å². The third kappa shape index (κ3) is 4.74. The minimum Gasteiger partial charge on any atom is -0.459 e. The summed E-state index contributed by atoms with van der Waals surface area (Å²) in [5.41, 5.74) is -0.449. The van der Waals surface area contributed by atoms with E-state index in [9.17, 15) is 4.79 Å². The SMILES string of the molecule is CC(C(=O)OC(C)(C)C)N(CCC#N)C1CC1. The second-order valence-electron chi connectivity index (χ2n) is 5.59. The predicted molar refractivity (Wildman–Crippen MR) is 65.3 cm³/mol. The number of nitriles is 1. The maximum atomic E-state index is 11.9. The van der Waals surface area contributed by atoms with E-state index in [1.54, 1.807) is 0 Å². The summed E-state index contributed by atoms with van der Waals surface area (Å²) in [6.45, 7) is 8.13. The molecule has 1 rings (SSSR count). The zero-order valence-electron chi connectivity index (χ0n) is 11.2. The largest absolute Gasteiger partial charge is 0.459 e. The van der Waals surface area contributed by atoms with Crippen molar-refractivity contribution in [2.75, 3.05) is 6.54 Å². The number of rotatable bonds is 5. The first-order chi connectivity index (χ1) is 7.85. The van der Waals surface area contributed by atoms with Crippen LogP contribution in [0.3, 0.4) is 0 Å². The van der Waals surface area contributed by atoms with Crippen molar-refractivity contribution < 1.29 is 9.53 Å². The van der Waals surface area contributed by atoms with Gasteiger partial charge in [-0.3, -0.25) is 9.69 Å². The van der Waals surface area contributed by atoms with Gasteiger partial charge in [0.05, 0.1) is 6.07 Å². The number of hydrogen-bond acceptors (Lipinski definition) is 4. The summed E-state index contributed by atoms with van der Waals surface area (Å²) in [6.07, 6.45) is 2.71. The van der Waals surface area contributed by atoms with Gasteiger partial charge in [0.15, 0.2) is 0 Å². The fourth-order valence-corrected chi connectivity index (χ4v) is 1.80. The molecular formula is C13H22N2O2. The van der Waals surface area contributed by atoms with Gasteiger partial charge in [-0.05, 0) is 40.5 Å². The Morgan fingerprint density at radius 1 is 1.53 bits per heavy atom. The number of ether oxygens (including phenoxy) is 1. The fourth-order valence-electron chi connectivity index (χ4n) is 1.80. The average Bonchev–Trinajstić information content (AvgIpc) is 2.99. The van der Waals surface area contributed by atoms with E-state index < -0.39 is 5.60 Å². The molecule has 1 saturated carbocycles. The topological polar surface area (TPSA) is 53.3 Å². The zero-order valence-corrected chi connectivity index (χ0v) is 11.2. The first-order valence-electron chi connectivity index (χ1n) is 6.20. The van der Waals surface area contributed by atoms with Crippen molar-refractivity contribution in [2.45, 2.75) is 64.6 Å². The molecule has 96 valence electrons. The Morgan fingerprint density at radius 3 is 2.53 bits per heavy atom. The Kier molecular flexibility index (Phi) is 4.53. The first-order valence-corrected chi connectivity index (χ1v) is 6.20. The maximum absolute atomic E-state index is 11.9. The summed E-state index contributed by atoms with van der Waals surface area (Å²) in [5.74, 6) is -0.192. The van der Waals surface area contributed by atoms with Crippen molar-refractivity contribution in [3.8, 4) is 6.07 Å². The Bertz CT molecular complexity index is 310. The highest BCUT2D eigenvalue weighted by Gasteiger charge is 2.36. The third-order valence-electron chi connectivity index (χ3n) is 2.74. The van der Waals surface area contributed by atoms with E-state index in [1.807, 2.05) is 27.7 Å². The van der Waals surface area contributed by atoms with Crippen molar-refractivity contribution in [1.29, 1.82) is 5.26 Å². The van der Waals surface area contributed by atoms with Crippen LogP contribution in [0.2, 0.25) is 0 Å². The van der Waals surface area contributed by atoms with Crippen LogP contribution in [0, 0.1) is 11.3 Å². The van der Waals surface area contributed by atoms with Gasteiger partial charge >= 0.3 is 5.97 Å². The number of hydrogen-bond donors (Lipinski definition) is 0. The highest BCUT2D eigenvalue weighted by molar-refractivity contribution is 5.75. The molecule has 1 unspecified atom stereocenters. The van der Waals surface area contributed by atoms with E-state index in [2.05, 4.69) is 11.0 Å². The first kappa shape index (κ1) is 14.0. The Balaban J connectivity index is 2.55. The van der Waals surface area contributed by atoms with Gasteiger partial charge in [-0.1, -0.05) is 0 Å². The lowest BCUT2D eigenvalue weighted by atomic mass is 10.2. The number of nitrogens with zero attached hydrogens (tertiary/aromatic N) is 2. The van der Waals surface area contributed by atoms with Crippen molar-refractivity contribution in [3.05, 3.63) is 0 Å². The van der Waals surface area contributed by atoms with Crippen LogP contribution in [0.5, 0.6) is 0 Å². The molecule has 17 heavy (non-hydrogen) atoms. The average molecular weight is 238 g/mol. The molecule has 1 atom stereocenters. The smallest absolute Gasteiger partial charge is 0.323 e. The molecule has 4 heteroatoms. The van der Waals surface area contributed by atoms with Crippen molar-refractivity contribution >= 4 is 5.97 Å². The van der Waals surface area contributed by atoms with Crippen molar-refractivity contribution in [3.63, 3.8) is 0 Å². The maximum Gasteiger partial charge on any atom is 0.323 e. The van der Waals surface area contributed by atoms with E-state index in [0.717, 1.165) is 12.8 Å². The number of esters is 1. The van der Waals surface area contributed by atoms with Crippen LogP contribution in [-0.2, 0) is 9.53 Å². The summed E-state index contributed by atoms with van der Waals surface area (Å²) in [6, 6.07) is 2.34. The number of carbonyl (C=O) groups excluding carboxylic acids is 1. The lowest BCUT2D eigenvalue weighted by molar-refractivity contribution is -0.161. The standard InChI is InChI=1S/C13H22N2O2/c1-10(12(16)17-13(2,3)4)15(9-5-8-14)11-6-7-11/h10-11H,5-7,9H2,1-4H3. The van der Waals surface area contributed by atoms with Gasteiger partial charge in [0.2, 0.25) is 0 Å². The molecule has 0 aromatic carbocycles. The summed E-state index contributed by atoms with van der Waals surface area (Å²) >= 11 is 0. The van der Waals surface area contributed by atoms with Crippen LogP contribution in [0.1, 0.15) is 47.0 Å². The summed E-state index contributed by atoms with van der Waals surface area (Å²) in [7, 11) is 0. The minimum absolute atomic E-state index is 0.192. The summed E-state index contributed by atoms with van der Waals surface area (Å²) < 4.78 is 5.37. The summed E-state index contributed by atoms with van der Waals surface area (Å²) in [5, 5.41) is 8.63. The van der Waals surface area contributed by atoms with E-state index >= 15 is 0 Å². The molecule has 0 saturated heterocycles. The zero-order chi connectivity index (χ0) is 13.1. The highest BCUT2D eigenvalue weighted by Crippen LogP contribution is 2.29. The van der Waals surface area contributed by atoms with E-state index in [4.69, 9.17) is 10.00 Å². The van der Waals surface area contributed by atoms with Gasteiger partial charge in [0.1, 0.15) is 11.6 Å². The van der Waals surface area contributed by atoms with Crippen LogP contribution in [0.25, 0.3) is 0 Å². The van der Waals surface area contributed by atoms with Gasteiger partial charge in [-0.15, -0.1) is 0 Å². The van der Waals surface area contributed by atoms with Crippen LogP contribution in [0.15, 0.2) is 0 Å². The van der Waals surface area contributed by atoms with Gasteiger partial charge in [0.25, 0.3) is 0 Å². The molecule has 0 spiro atoms. The summed E-state index contributed by atoms with van der Waals surface area (Å²) in [4.78, 5) is 14.0. The van der Waals surface area contributed by atoms with E-state index in [1.165, 1.54) is 0 Å². The third-order valence-corrected chi connectivity index (χ3v) is 2.74. The normalized spacial score (nSPS) is 17.6. The molecule has 0 amide bonds. The second-order valence-corrected chi connectivity index (χ2v) is 5.59. The lowest BCUT2D eigenvalue weighted by Crippen LogP contribution is -2.44. The molecule has 4 nitrogen and oxygen atoms in total. The Morgan fingerprint density at radius 2 is 2.12 bits per heavy atom. The quantitative estimate of drug-likeness (QED) is 0.688. The van der Waals surface area contributed by atoms with Crippen molar-refractivity contribution in [2.24, 2.45) is 0 Å². The van der Waals surface area contributed by atoms with E-state index in [0.29, 0.717) is 19.0 Å². The highest BCUT2D eigenvalue weighted by atomic mass is 16.6. The van der Waals surface area contributed by atoms with Gasteiger partial charge in [-0.2, -0.15) is 5.26 Å². The molecule has 0 N–H and O–H groups in total. The molecule has 0 aromatic rings. The molecular weight excluding hydrogens is 216 g/mol. The molecule has 1 aliphatic carbocycles. The second kappa shape index (κ2) is 5.50. The molecule has 0 aliphatic heterocycles. The Labute approximate surface area is 104 Å². The van der Waals surface area contributed by atoms with Crippen LogP contribution >= 0.6 is 0 Å². The number of carbonyl (C=O) groups is 1. The molecule has 1 aliphatic rings. The molecule has 0 heterocycles. The molecule has 0 aromatic heterocycles. The predicted octanol–water partition coefficient (Wildman–Crippen LogP) is 2.09. The van der Waals surface area contributed by atoms with Crippen LogP contribution in [-0.4, -0.2) is 35.1 Å². The molecule has 0 radical (unpaired) electrons. The van der Waals surface area contributed by atoms with Gasteiger partial charge in [-0.25, -0.2) is 0 Å². The van der Waals surface area contributed by atoms with E-state index in [-0.39, 0.29) is 12.0 Å². The van der Waals surface area contributed by atoms with Crippen LogP contribution in [0.4, 0.5) is 0 Å². The lowest BCUT2D eigenvalue weighted by Gasteiger charge is -2.29.